The van der Waals surface area contributed by atoms with Crippen LogP contribution in [0.3, 0.4) is 0 Å². The topological polar surface area (TPSA) is 58.4 Å². The van der Waals surface area contributed by atoms with Gasteiger partial charge in [-0.2, -0.15) is 0 Å². The fourth-order valence-electron chi connectivity index (χ4n) is 1.79. The van der Waals surface area contributed by atoms with Crippen molar-refractivity contribution in [3.05, 3.63) is 24.3 Å². The fraction of sp³-hybridized carbons (Fsp3) is 0.611. The molecule has 1 aromatic carbocycles. The molecular weight excluding hydrogens is 274 g/mol. The molecule has 0 saturated heterocycles. The first-order valence-electron chi connectivity index (χ1n) is 8.53. The second-order valence-electron chi connectivity index (χ2n) is 4.35. The van der Waals surface area contributed by atoms with E-state index in [4.69, 9.17) is 5.73 Å². The van der Waals surface area contributed by atoms with Crippen LogP contribution in [-0.4, -0.2) is 30.4 Å². The Morgan fingerprint density at radius 1 is 1.05 bits per heavy atom. The molecule has 0 heterocycles. The van der Waals surface area contributed by atoms with Gasteiger partial charge in [0.2, 0.25) is 5.91 Å². The van der Waals surface area contributed by atoms with Crippen molar-refractivity contribution in [3.8, 4) is 0 Å². The molecule has 128 valence electrons. The van der Waals surface area contributed by atoms with Crippen LogP contribution in [0.25, 0.3) is 0 Å². The molecule has 0 aliphatic rings. The summed E-state index contributed by atoms with van der Waals surface area (Å²) in [5.41, 5.74) is 7.09. The molecule has 0 fully saturated rings. The summed E-state index contributed by atoms with van der Waals surface area (Å²) in [6, 6.07) is 7.20. The van der Waals surface area contributed by atoms with E-state index >= 15 is 0 Å². The summed E-state index contributed by atoms with van der Waals surface area (Å²) in [6.45, 7) is 15.1. The summed E-state index contributed by atoms with van der Waals surface area (Å²) in [6.07, 6.45) is 1.64. The average Bonchev–Trinajstić information content (AvgIpc) is 2.57. The Kier molecular flexibility index (Phi) is 16.4. The second-order valence-corrected chi connectivity index (χ2v) is 4.35. The maximum atomic E-state index is 11.8. The zero-order valence-electron chi connectivity index (χ0n) is 15.3. The van der Waals surface area contributed by atoms with Crippen molar-refractivity contribution < 1.29 is 4.79 Å². The summed E-state index contributed by atoms with van der Waals surface area (Å²) in [5.74, 6) is 0.0503. The number of carbonyl (C=O) groups is 1. The number of benzene rings is 1. The minimum atomic E-state index is 0.0503. The van der Waals surface area contributed by atoms with Crippen molar-refractivity contribution >= 4 is 17.3 Å². The standard InChI is InChI=1S/C14H23N3O.2C2H6/c1-3-10-17(4-2)11-9-14(18)16-13-7-5-12(15)6-8-13;2*1-2/h5-8H,3-4,9-11,15H2,1-2H3,(H,16,18);2*1-2H3. The predicted octanol–water partition coefficient (Wildman–Crippen LogP) is 4.38. The van der Waals surface area contributed by atoms with Crippen LogP contribution < -0.4 is 11.1 Å². The van der Waals surface area contributed by atoms with Gasteiger partial charge in [0.15, 0.2) is 0 Å². The lowest BCUT2D eigenvalue weighted by molar-refractivity contribution is -0.116. The van der Waals surface area contributed by atoms with E-state index in [0.717, 1.165) is 31.7 Å². The SMILES string of the molecule is CC.CC.CCCN(CC)CCC(=O)Nc1ccc(N)cc1. The Labute approximate surface area is 137 Å². The molecule has 0 aliphatic heterocycles. The van der Waals surface area contributed by atoms with Crippen LogP contribution >= 0.6 is 0 Å². The third-order valence-corrected chi connectivity index (χ3v) is 2.84. The van der Waals surface area contributed by atoms with Crippen molar-refractivity contribution in [1.29, 1.82) is 0 Å². The minimum absolute atomic E-state index is 0.0503. The van der Waals surface area contributed by atoms with Crippen molar-refractivity contribution in [2.45, 2.75) is 54.4 Å². The number of nitrogens with one attached hydrogen (secondary N) is 1. The van der Waals surface area contributed by atoms with Crippen molar-refractivity contribution in [2.75, 3.05) is 30.7 Å². The van der Waals surface area contributed by atoms with E-state index in [1.165, 1.54) is 0 Å². The van der Waals surface area contributed by atoms with E-state index in [0.29, 0.717) is 12.1 Å². The Morgan fingerprint density at radius 2 is 1.59 bits per heavy atom. The first-order valence-corrected chi connectivity index (χ1v) is 8.53. The zero-order valence-corrected chi connectivity index (χ0v) is 15.3. The number of amides is 1. The van der Waals surface area contributed by atoms with Crippen LogP contribution in [0.2, 0.25) is 0 Å². The third-order valence-electron chi connectivity index (χ3n) is 2.84. The van der Waals surface area contributed by atoms with Crippen LogP contribution in [-0.2, 0) is 4.79 Å². The minimum Gasteiger partial charge on any atom is -0.399 e. The van der Waals surface area contributed by atoms with E-state index in [2.05, 4.69) is 24.1 Å². The third kappa shape index (κ3) is 11.1. The number of nitrogens with zero attached hydrogens (tertiary/aromatic N) is 1. The molecule has 1 aromatic rings. The lowest BCUT2D eigenvalue weighted by Gasteiger charge is -2.18. The first-order chi connectivity index (χ1) is 10.7. The van der Waals surface area contributed by atoms with Crippen molar-refractivity contribution in [2.24, 2.45) is 0 Å². The average molecular weight is 309 g/mol. The number of nitrogens with two attached hydrogens (primary N) is 1. The first kappa shape index (κ1) is 22.7. The van der Waals surface area contributed by atoms with Crippen LogP contribution in [0.5, 0.6) is 0 Å². The molecule has 4 heteroatoms. The van der Waals surface area contributed by atoms with E-state index < -0.39 is 0 Å². The number of hydrogen-bond acceptors (Lipinski definition) is 3. The van der Waals surface area contributed by atoms with Crippen molar-refractivity contribution in [1.82, 2.24) is 4.90 Å². The van der Waals surface area contributed by atoms with Gasteiger partial charge in [0.05, 0.1) is 0 Å². The van der Waals surface area contributed by atoms with Gasteiger partial charge in [-0.1, -0.05) is 41.5 Å². The van der Waals surface area contributed by atoms with E-state index in [1.54, 1.807) is 12.1 Å². The number of hydrogen-bond donors (Lipinski definition) is 2. The highest BCUT2D eigenvalue weighted by atomic mass is 16.1. The molecule has 4 nitrogen and oxygen atoms in total. The van der Waals surface area contributed by atoms with Gasteiger partial charge in [-0.25, -0.2) is 0 Å². The smallest absolute Gasteiger partial charge is 0.225 e. The van der Waals surface area contributed by atoms with Gasteiger partial charge in [-0.3, -0.25) is 4.79 Å². The summed E-state index contributed by atoms with van der Waals surface area (Å²) in [5, 5.41) is 2.87. The highest BCUT2D eigenvalue weighted by Crippen LogP contribution is 2.10. The van der Waals surface area contributed by atoms with E-state index in [-0.39, 0.29) is 5.91 Å². The monoisotopic (exact) mass is 309 g/mol. The molecule has 3 N–H and O–H groups in total. The Hall–Kier alpha value is -1.55. The summed E-state index contributed by atoms with van der Waals surface area (Å²) in [4.78, 5) is 14.0. The van der Waals surface area contributed by atoms with Gasteiger partial charge in [-0.15, -0.1) is 0 Å². The summed E-state index contributed by atoms with van der Waals surface area (Å²) >= 11 is 0. The van der Waals surface area contributed by atoms with Crippen LogP contribution in [0.15, 0.2) is 24.3 Å². The van der Waals surface area contributed by atoms with Gasteiger partial charge in [0.1, 0.15) is 0 Å². The van der Waals surface area contributed by atoms with Gasteiger partial charge < -0.3 is 16.0 Å². The molecule has 22 heavy (non-hydrogen) atoms. The second kappa shape index (κ2) is 15.8. The molecule has 1 rings (SSSR count). The molecule has 0 saturated carbocycles. The Morgan fingerprint density at radius 3 is 2.05 bits per heavy atom. The largest absolute Gasteiger partial charge is 0.399 e. The molecule has 0 radical (unpaired) electrons. The van der Waals surface area contributed by atoms with Crippen LogP contribution in [0, 0.1) is 0 Å². The number of rotatable bonds is 7. The zero-order chi connectivity index (χ0) is 17.4. The van der Waals surface area contributed by atoms with Gasteiger partial charge in [0.25, 0.3) is 0 Å². The highest BCUT2D eigenvalue weighted by Gasteiger charge is 2.06. The normalized spacial score (nSPS) is 9.23. The number of nitrogen functional groups attached to an aromatic ring is 1. The fourth-order valence-corrected chi connectivity index (χ4v) is 1.79. The maximum absolute atomic E-state index is 11.8. The predicted molar refractivity (Wildman–Crippen MR) is 99.2 cm³/mol. The van der Waals surface area contributed by atoms with Crippen LogP contribution in [0.4, 0.5) is 11.4 Å². The number of anilines is 2. The van der Waals surface area contributed by atoms with Crippen LogP contribution in [0.1, 0.15) is 54.4 Å². The lowest BCUT2D eigenvalue weighted by Crippen LogP contribution is -2.28. The Bertz CT molecular complexity index is 363. The van der Waals surface area contributed by atoms with Gasteiger partial charge in [0, 0.05) is 24.3 Å². The molecule has 0 unspecified atom stereocenters. The number of carbonyl (C=O) groups excluding carboxylic acids is 1. The molecular formula is C18H35N3O. The molecule has 0 atom stereocenters. The van der Waals surface area contributed by atoms with Crippen molar-refractivity contribution in [3.63, 3.8) is 0 Å². The molecule has 0 spiro atoms. The molecule has 0 bridgehead atoms. The maximum Gasteiger partial charge on any atom is 0.225 e. The Balaban J connectivity index is 0. The summed E-state index contributed by atoms with van der Waals surface area (Å²) < 4.78 is 0. The van der Waals surface area contributed by atoms with Gasteiger partial charge in [-0.05, 0) is 43.8 Å². The molecule has 0 aromatic heterocycles. The van der Waals surface area contributed by atoms with E-state index in [1.807, 2.05) is 39.8 Å². The molecule has 1 amide bonds. The molecule has 0 aliphatic carbocycles. The lowest BCUT2D eigenvalue weighted by atomic mass is 10.2. The van der Waals surface area contributed by atoms with E-state index in [9.17, 15) is 4.79 Å². The summed E-state index contributed by atoms with van der Waals surface area (Å²) in [7, 11) is 0. The van der Waals surface area contributed by atoms with Gasteiger partial charge >= 0.3 is 0 Å². The highest BCUT2D eigenvalue weighted by molar-refractivity contribution is 5.90. The quantitative estimate of drug-likeness (QED) is 0.735.